The number of hydrogen-bond donors (Lipinski definition) is 1. The van der Waals surface area contributed by atoms with Gasteiger partial charge in [0.15, 0.2) is 0 Å². The summed E-state index contributed by atoms with van der Waals surface area (Å²) >= 11 is 1.37. The van der Waals surface area contributed by atoms with Crippen molar-refractivity contribution in [1.82, 2.24) is 14.7 Å². The Labute approximate surface area is 172 Å². The molecule has 1 fully saturated rings. The van der Waals surface area contributed by atoms with Crippen molar-refractivity contribution >= 4 is 22.9 Å². The summed E-state index contributed by atoms with van der Waals surface area (Å²) < 4.78 is 15.9. The first kappa shape index (κ1) is 19.3. The average molecular weight is 409 g/mol. The Kier molecular flexibility index (Phi) is 5.18. The van der Waals surface area contributed by atoms with Crippen molar-refractivity contribution in [3.63, 3.8) is 0 Å². The number of likely N-dealkylation sites (tertiary alicyclic amines) is 1. The number of piperidine rings is 1. The van der Waals surface area contributed by atoms with Crippen molar-refractivity contribution in [1.29, 1.82) is 0 Å². The molecule has 6 nitrogen and oxygen atoms in total. The zero-order valence-electron chi connectivity index (χ0n) is 15.9. The van der Waals surface area contributed by atoms with E-state index in [9.17, 15) is 9.18 Å². The number of benzene rings is 1. The van der Waals surface area contributed by atoms with Crippen LogP contribution in [0.15, 0.2) is 36.7 Å². The molecular weight excluding hydrogens is 389 g/mol. The largest absolute Gasteiger partial charge is 0.336 e. The Morgan fingerprint density at radius 3 is 2.86 bits per heavy atom. The van der Waals surface area contributed by atoms with Gasteiger partial charge in [0.25, 0.3) is 5.91 Å². The molecule has 4 rings (SSSR count). The van der Waals surface area contributed by atoms with Crippen molar-refractivity contribution < 1.29 is 9.18 Å². The first-order valence-corrected chi connectivity index (χ1v) is 10.1. The predicted octanol–water partition coefficient (Wildman–Crippen LogP) is 4.07. The third kappa shape index (κ3) is 3.79. The van der Waals surface area contributed by atoms with Crippen LogP contribution in [0, 0.1) is 12.4 Å². The molecular formula is C21H20FN5OS. The van der Waals surface area contributed by atoms with Crippen molar-refractivity contribution in [2.24, 2.45) is 12.8 Å². The van der Waals surface area contributed by atoms with Crippen LogP contribution in [-0.2, 0) is 7.05 Å². The van der Waals surface area contributed by atoms with Crippen LogP contribution in [0.2, 0.25) is 0 Å². The van der Waals surface area contributed by atoms with Gasteiger partial charge in [-0.05, 0) is 30.5 Å². The van der Waals surface area contributed by atoms with Crippen molar-refractivity contribution in [3.8, 4) is 21.6 Å². The number of hydrogen-bond acceptors (Lipinski definition) is 4. The van der Waals surface area contributed by atoms with Gasteiger partial charge in [0.05, 0.1) is 17.6 Å². The lowest BCUT2D eigenvalue weighted by atomic mass is 10.0. The molecule has 8 heteroatoms. The highest BCUT2D eigenvalue weighted by atomic mass is 32.1. The molecule has 0 bridgehead atoms. The molecule has 1 aliphatic heterocycles. The number of nitrogens with two attached hydrogens (primary N) is 1. The topological polar surface area (TPSA) is 68.5 Å². The molecule has 2 aromatic heterocycles. The number of carbonyl (C=O) groups excluding carboxylic acids is 1. The van der Waals surface area contributed by atoms with Gasteiger partial charge in [0, 0.05) is 48.4 Å². The summed E-state index contributed by atoms with van der Waals surface area (Å²) in [4.78, 5) is 19.5. The van der Waals surface area contributed by atoms with E-state index in [4.69, 9.17) is 12.3 Å². The molecule has 1 aliphatic rings. The number of aryl methyl sites for hydroxylation is 1. The van der Waals surface area contributed by atoms with Gasteiger partial charge in [-0.1, -0.05) is 12.1 Å². The van der Waals surface area contributed by atoms with Crippen LogP contribution in [-0.4, -0.2) is 39.7 Å². The molecule has 0 saturated carbocycles. The van der Waals surface area contributed by atoms with E-state index in [0.717, 1.165) is 28.8 Å². The SMILES string of the molecule is [C-]#[N+]c1ccc(-c2cc(C(=O)N3CCC[C@@H](N)C3)sc2-c2cnn(C)c2)cc1F. The molecule has 2 N–H and O–H groups in total. The predicted molar refractivity (Wildman–Crippen MR) is 111 cm³/mol. The van der Waals surface area contributed by atoms with Crippen LogP contribution in [0.1, 0.15) is 22.5 Å². The second-order valence-electron chi connectivity index (χ2n) is 7.19. The second kappa shape index (κ2) is 7.78. The zero-order valence-corrected chi connectivity index (χ0v) is 16.7. The van der Waals surface area contributed by atoms with Gasteiger partial charge in [0.1, 0.15) is 5.82 Å². The maximum absolute atomic E-state index is 14.3. The highest BCUT2D eigenvalue weighted by Gasteiger charge is 2.26. The highest BCUT2D eigenvalue weighted by Crippen LogP contribution is 2.40. The van der Waals surface area contributed by atoms with Crippen LogP contribution in [0.4, 0.5) is 10.1 Å². The second-order valence-corrected chi connectivity index (χ2v) is 8.24. The number of amides is 1. The Bertz CT molecular complexity index is 1110. The van der Waals surface area contributed by atoms with Gasteiger partial charge < -0.3 is 10.6 Å². The molecule has 1 amide bonds. The van der Waals surface area contributed by atoms with E-state index >= 15 is 0 Å². The molecule has 0 radical (unpaired) electrons. The van der Waals surface area contributed by atoms with Gasteiger partial charge in [-0.25, -0.2) is 9.24 Å². The summed E-state index contributed by atoms with van der Waals surface area (Å²) in [5, 5.41) is 4.22. The summed E-state index contributed by atoms with van der Waals surface area (Å²) in [6, 6.07) is 6.33. The zero-order chi connectivity index (χ0) is 20.5. The number of rotatable bonds is 3. The lowest BCUT2D eigenvalue weighted by Crippen LogP contribution is -2.45. The van der Waals surface area contributed by atoms with E-state index in [1.54, 1.807) is 21.8 Å². The summed E-state index contributed by atoms with van der Waals surface area (Å²) in [7, 11) is 1.82. The van der Waals surface area contributed by atoms with Crippen LogP contribution < -0.4 is 5.73 Å². The van der Waals surface area contributed by atoms with Crippen LogP contribution in [0.25, 0.3) is 26.4 Å². The van der Waals surface area contributed by atoms with Gasteiger partial charge in [0.2, 0.25) is 5.69 Å². The fourth-order valence-electron chi connectivity index (χ4n) is 3.58. The molecule has 0 unspecified atom stereocenters. The monoisotopic (exact) mass is 409 g/mol. The lowest BCUT2D eigenvalue weighted by Gasteiger charge is -2.30. The van der Waals surface area contributed by atoms with Crippen molar-refractivity contribution in [2.45, 2.75) is 18.9 Å². The Hall–Kier alpha value is -3.02. The minimum absolute atomic E-state index is 0.000175. The third-order valence-corrected chi connectivity index (χ3v) is 6.21. The normalized spacial score (nSPS) is 16.6. The average Bonchev–Trinajstić information content (AvgIpc) is 3.33. The minimum Gasteiger partial charge on any atom is -0.336 e. The van der Waals surface area contributed by atoms with Gasteiger partial charge in [-0.3, -0.25) is 9.48 Å². The Balaban J connectivity index is 1.78. The first-order chi connectivity index (χ1) is 14.0. The van der Waals surface area contributed by atoms with E-state index in [0.29, 0.717) is 23.5 Å². The standard InChI is InChI=1S/C21H20FN5OS/c1-24-18-6-5-13(8-17(18)22)16-9-19(21(28)27-7-3-4-15(23)12-27)29-20(16)14-10-25-26(2)11-14/h5-6,8-11,15H,3-4,7,12,23H2,2H3/t15-/m1/s1. The molecule has 29 heavy (non-hydrogen) atoms. The Morgan fingerprint density at radius 1 is 1.38 bits per heavy atom. The fraction of sp³-hybridized carbons (Fsp3) is 0.286. The third-order valence-electron chi connectivity index (χ3n) is 5.03. The maximum atomic E-state index is 14.3. The number of carbonyl (C=O) groups is 1. The van der Waals surface area contributed by atoms with Crippen molar-refractivity contribution in [3.05, 3.63) is 58.8 Å². The van der Waals surface area contributed by atoms with Gasteiger partial charge in [-0.2, -0.15) is 5.10 Å². The molecule has 0 aliphatic carbocycles. The van der Waals surface area contributed by atoms with Crippen molar-refractivity contribution in [2.75, 3.05) is 13.1 Å². The summed E-state index contributed by atoms with van der Waals surface area (Å²) in [6.07, 6.45) is 5.41. The molecule has 3 heterocycles. The number of nitrogens with zero attached hydrogens (tertiary/aromatic N) is 4. The first-order valence-electron chi connectivity index (χ1n) is 9.31. The Morgan fingerprint density at radius 2 is 2.21 bits per heavy atom. The summed E-state index contributed by atoms with van der Waals surface area (Å²) in [5.41, 5.74) is 8.25. The van der Waals surface area contributed by atoms with Crippen LogP contribution in [0.3, 0.4) is 0 Å². The highest BCUT2D eigenvalue weighted by molar-refractivity contribution is 7.18. The van der Waals surface area contributed by atoms with Gasteiger partial charge >= 0.3 is 0 Å². The van der Waals surface area contributed by atoms with E-state index in [1.807, 2.05) is 19.3 Å². The molecule has 148 valence electrons. The molecule has 0 spiro atoms. The smallest absolute Gasteiger partial charge is 0.264 e. The molecule has 3 aromatic rings. The van der Waals surface area contributed by atoms with Gasteiger partial charge in [-0.15, -0.1) is 11.3 Å². The van der Waals surface area contributed by atoms with E-state index in [1.165, 1.54) is 23.5 Å². The maximum Gasteiger partial charge on any atom is 0.264 e. The lowest BCUT2D eigenvalue weighted by molar-refractivity contribution is 0.0714. The summed E-state index contributed by atoms with van der Waals surface area (Å²) in [5.74, 6) is -0.629. The molecule has 1 aromatic carbocycles. The number of halogens is 1. The van der Waals surface area contributed by atoms with Crippen LogP contribution >= 0.6 is 11.3 Å². The number of aromatic nitrogens is 2. The van der Waals surface area contributed by atoms with E-state index in [2.05, 4.69) is 9.94 Å². The summed E-state index contributed by atoms with van der Waals surface area (Å²) in [6.45, 7) is 8.28. The molecule has 1 saturated heterocycles. The minimum atomic E-state index is -0.573. The quantitative estimate of drug-likeness (QED) is 0.663. The van der Waals surface area contributed by atoms with E-state index < -0.39 is 5.82 Å². The fourth-order valence-corrected chi connectivity index (χ4v) is 4.70. The van der Waals surface area contributed by atoms with Crippen LogP contribution in [0.5, 0.6) is 0 Å². The van der Waals surface area contributed by atoms with E-state index in [-0.39, 0.29) is 17.6 Å². The number of thiophene rings is 1. The molecule has 1 atom stereocenters.